The molecule has 1 amide bonds. The van der Waals surface area contributed by atoms with Crippen molar-refractivity contribution in [3.8, 4) is 17.2 Å². The Morgan fingerprint density at radius 2 is 1.68 bits per heavy atom. The molecule has 1 aliphatic rings. The van der Waals surface area contributed by atoms with Gasteiger partial charge in [-0.05, 0) is 46.4 Å². The fourth-order valence-corrected chi connectivity index (χ4v) is 4.12. The first-order chi connectivity index (χ1) is 16.4. The monoisotopic (exact) mass is 462 g/mol. The highest BCUT2D eigenvalue weighted by Gasteiger charge is 2.33. The van der Waals surface area contributed by atoms with Gasteiger partial charge in [0.2, 0.25) is 0 Å². The van der Waals surface area contributed by atoms with Crippen LogP contribution in [0.3, 0.4) is 0 Å². The van der Waals surface area contributed by atoms with Crippen LogP contribution in [0.5, 0.6) is 0 Å². The Balaban J connectivity index is 1.28. The molecule has 0 spiro atoms. The number of alkyl carbamates (subject to hydrolysis) is 1. The van der Waals surface area contributed by atoms with E-state index >= 15 is 0 Å². The van der Waals surface area contributed by atoms with Gasteiger partial charge in [0.05, 0.1) is 17.2 Å². The predicted octanol–water partition coefficient (Wildman–Crippen LogP) is 6.52. The van der Waals surface area contributed by atoms with E-state index in [1.807, 2.05) is 36.4 Å². The number of nitrogens with one attached hydrogen (secondary N) is 1. The van der Waals surface area contributed by atoms with Gasteiger partial charge in [-0.15, -0.1) is 0 Å². The van der Waals surface area contributed by atoms with Crippen molar-refractivity contribution >= 4 is 12.2 Å². The number of carbonyl (C=O) groups excluding carboxylic acids is 1. The molecule has 0 aliphatic heterocycles. The lowest BCUT2D eigenvalue weighted by Crippen LogP contribution is -2.26. The number of ether oxygens (including phenoxy) is 1. The number of nitriles is 1. The van der Waals surface area contributed by atoms with Gasteiger partial charge < -0.3 is 10.1 Å². The van der Waals surface area contributed by atoms with Crippen molar-refractivity contribution < 1.29 is 22.7 Å². The van der Waals surface area contributed by atoms with Crippen LogP contribution in [0, 0.1) is 11.3 Å². The average Bonchev–Trinajstić information content (AvgIpc) is 3.15. The van der Waals surface area contributed by atoms with Crippen molar-refractivity contribution in [2.75, 3.05) is 13.2 Å². The lowest BCUT2D eigenvalue weighted by atomic mass is 9.98. The molecule has 0 unspecified atom stereocenters. The molecule has 0 bridgehead atoms. The van der Waals surface area contributed by atoms with E-state index in [0.717, 1.165) is 34.4 Å². The largest absolute Gasteiger partial charge is 0.449 e. The quantitative estimate of drug-likeness (QED) is 0.424. The number of halogens is 3. The second-order valence-corrected chi connectivity index (χ2v) is 7.86. The summed E-state index contributed by atoms with van der Waals surface area (Å²) in [6.07, 6.45) is -1.55. The van der Waals surface area contributed by atoms with Crippen LogP contribution >= 0.6 is 0 Å². The highest BCUT2D eigenvalue weighted by Crippen LogP contribution is 2.44. The zero-order chi connectivity index (χ0) is 24.1. The zero-order valence-electron chi connectivity index (χ0n) is 18.1. The molecule has 1 N–H and O–H groups in total. The molecule has 4 nitrogen and oxygen atoms in total. The summed E-state index contributed by atoms with van der Waals surface area (Å²) in [6.45, 7) is 0.483. The lowest BCUT2D eigenvalue weighted by molar-refractivity contribution is -0.137. The molecule has 0 aromatic heterocycles. The minimum Gasteiger partial charge on any atom is -0.449 e. The molecule has 172 valence electrons. The van der Waals surface area contributed by atoms with Crippen LogP contribution in [-0.2, 0) is 10.9 Å². The minimum atomic E-state index is -4.60. The second kappa shape index (κ2) is 9.84. The van der Waals surface area contributed by atoms with E-state index in [-0.39, 0.29) is 19.1 Å². The highest BCUT2D eigenvalue weighted by molar-refractivity contribution is 5.79. The summed E-state index contributed by atoms with van der Waals surface area (Å²) < 4.78 is 44.6. The third-order valence-electron chi connectivity index (χ3n) is 5.70. The van der Waals surface area contributed by atoms with Crippen LogP contribution in [0.15, 0.2) is 72.8 Å². The van der Waals surface area contributed by atoms with Crippen molar-refractivity contribution in [3.63, 3.8) is 0 Å². The molecule has 34 heavy (non-hydrogen) atoms. The molecule has 0 atom stereocenters. The number of benzene rings is 3. The van der Waals surface area contributed by atoms with Crippen LogP contribution in [0.4, 0.5) is 18.0 Å². The third kappa shape index (κ3) is 4.96. The van der Waals surface area contributed by atoms with Gasteiger partial charge in [-0.3, -0.25) is 0 Å². The van der Waals surface area contributed by atoms with Gasteiger partial charge in [0.25, 0.3) is 0 Å². The topological polar surface area (TPSA) is 62.1 Å². The Morgan fingerprint density at radius 3 is 2.29 bits per heavy atom. The van der Waals surface area contributed by atoms with Crippen LogP contribution < -0.4 is 5.32 Å². The predicted molar refractivity (Wildman–Crippen MR) is 123 cm³/mol. The molecule has 4 rings (SSSR count). The Hall–Kier alpha value is -4.05. The molecule has 0 saturated heterocycles. The van der Waals surface area contributed by atoms with Gasteiger partial charge in [-0.2, -0.15) is 18.4 Å². The number of hydrogen-bond donors (Lipinski definition) is 1. The van der Waals surface area contributed by atoms with E-state index in [1.165, 1.54) is 12.1 Å². The lowest BCUT2D eigenvalue weighted by Gasteiger charge is -2.14. The van der Waals surface area contributed by atoms with Crippen molar-refractivity contribution in [2.24, 2.45) is 0 Å². The van der Waals surface area contributed by atoms with Crippen LogP contribution in [0.1, 0.15) is 40.2 Å². The highest BCUT2D eigenvalue weighted by atomic mass is 19.4. The van der Waals surface area contributed by atoms with E-state index in [1.54, 1.807) is 12.1 Å². The van der Waals surface area contributed by atoms with Gasteiger partial charge in [0.1, 0.15) is 6.61 Å². The summed E-state index contributed by atoms with van der Waals surface area (Å²) in [5.74, 6) is -0.0303. The first-order valence-electron chi connectivity index (χ1n) is 10.7. The van der Waals surface area contributed by atoms with E-state index in [2.05, 4.69) is 17.4 Å². The van der Waals surface area contributed by atoms with Crippen LogP contribution in [0.25, 0.3) is 17.2 Å². The van der Waals surface area contributed by atoms with Gasteiger partial charge in [-0.25, -0.2) is 4.79 Å². The zero-order valence-corrected chi connectivity index (χ0v) is 18.1. The van der Waals surface area contributed by atoms with Gasteiger partial charge >= 0.3 is 12.3 Å². The minimum absolute atomic E-state index is 0.0303. The SMILES string of the molecule is N#Cc1ccc(C=CCCNC(=O)OCC2c3ccccc3-c3ccccc32)cc1C(F)(F)F. The van der Waals surface area contributed by atoms with E-state index in [0.29, 0.717) is 12.0 Å². The molecule has 3 aromatic rings. The molecular weight excluding hydrogens is 441 g/mol. The average molecular weight is 462 g/mol. The van der Waals surface area contributed by atoms with Crippen LogP contribution in [0.2, 0.25) is 0 Å². The Bertz CT molecular complexity index is 1230. The molecule has 0 radical (unpaired) electrons. The maximum atomic E-state index is 13.1. The molecular formula is C27H21F3N2O2. The third-order valence-corrected chi connectivity index (χ3v) is 5.70. The normalized spacial score (nSPS) is 12.8. The Morgan fingerprint density at radius 1 is 1.03 bits per heavy atom. The first-order valence-corrected chi connectivity index (χ1v) is 10.7. The fraction of sp³-hybridized carbons (Fsp3) is 0.185. The maximum Gasteiger partial charge on any atom is 0.417 e. The number of fused-ring (bicyclic) bond motifs is 3. The molecule has 1 aliphatic carbocycles. The second-order valence-electron chi connectivity index (χ2n) is 7.86. The molecule has 0 fully saturated rings. The number of hydrogen-bond acceptors (Lipinski definition) is 3. The van der Waals surface area contributed by atoms with Gasteiger partial charge in [0, 0.05) is 12.5 Å². The number of amides is 1. The van der Waals surface area contributed by atoms with Gasteiger partial charge in [0.15, 0.2) is 0 Å². The number of carbonyl (C=O) groups is 1. The van der Waals surface area contributed by atoms with Crippen molar-refractivity contribution in [1.82, 2.24) is 5.32 Å². The first kappa shape index (κ1) is 23.1. The summed E-state index contributed by atoms with van der Waals surface area (Å²) in [5, 5.41) is 11.5. The summed E-state index contributed by atoms with van der Waals surface area (Å²) in [4.78, 5) is 12.2. The van der Waals surface area contributed by atoms with Crippen molar-refractivity contribution in [1.29, 1.82) is 5.26 Å². The van der Waals surface area contributed by atoms with E-state index in [9.17, 15) is 18.0 Å². The maximum absolute atomic E-state index is 13.1. The molecule has 0 heterocycles. The summed E-state index contributed by atoms with van der Waals surface area (Å²) in [5.41, 5.74) is 3.49. The van der Waals surface area contributed by atoms with E-state index < -0.39 is 23.4 Å². The van der Waals surface area contributed by atoms with E-state index in [4.69, 9.17) is 10.00 Å². The number of nitrogens with zero attached hydrogens (tertiary/aromatic N) is 1. The van der Waals surface area contributed by atoms with Gasteiger partial charge in [-0.1, -0.05) is 66.7 Å². The van der Waals surface area contributed by atoms with Crippen molar-refractivity contribution in [3.05, 3.63) is 101 Å². The smallest absolute Gasteiger partial charge is 0.417 e. The van der Waals surface area contributed by atoms with Crippen LogP contribution in [-0.4, -0.2) is 19.2 Å². The molecule has 7 heteroatoms. The fourth-order valence-electron chi connectivity index (χ4n) is 4.12. The summed E-state index contributed by atoms with van der Waals surface area (Å²) in [7, 11) is 0. The Kier molecular flexibility index (Phi) is 6.69. The standard InChI is InChI=1S/C27H21F3N2O2/c28-27(29,30)25-15-18(12-13-19(25)16-31)7-5-6-14-32-26(33)34-17-24-22-10-3-1-8-20(22)21-9-2-4-11-23(21)24/h1-5,7-13,15,24H,6,14,17H2,(H,32,33). The summed E-state index contributed by atoms with van der Waals surface area (Å²) >= 11 is 0. The summed E-state index contributed by atoms with van der Waals surface area (Å²) in [6, 6.07) is 21.2. The molecule has 0 saturated carbocycles. The molecule has 3 aromatic carbocycles. The number of rotatable bonds is 6. The Labute approximate surface area is 195 Å². The number of alkyl halides is 3. The van der Waals surface area contributed by atoms with Crippen molar-refractivity contribution in [2.45, 2.75) is 18.5 Å².